The Morgan fingerprint density at radius 3 is 2.55 bits per heavy atom. The van der Waals surface area contributed by atoms with Crippen molar-refractivity contribution in [3.63, 3.8) is 0 Å². The summed E-state index contributed by atoms with van der Waals surface area (Å²) in [4.78, 5) is 0. The van der Waals surface area contributed by atoms with E-state index in [0.717, 1.165) is 12.5 Å². The van der Waals surface area contributed by atoms with Crippen LogP contribution in [0.2, 0.25) is 0 Å². The molecular formula is C9H19NO. The molecule has 0 saturated heterocycles. The summed E-state index contributed by atoms with van der Waals surface area (Å²) in [5, 5.41) is 12.0. The summed E-state index contributed by atoms with van der Waals surface area (Å²) >= 11 is 0. The lowest BCUT2D eigenvalue weighted by molar-refractivity contribution is 0.145. The highest BCUT2D eigenvalue weighted by atomic mass is 16.3. The highest BCUT2D eigenvalue weighted by molar-refractivity contribution is 4.67. The molecule has 2 nitrogen and oxygen atoms in total. The fourth-order valence-corrected chi connectivity index (χ4v) is 1.73. The van der Waals surface area contributed by atoms with Crippen molar-refractivity contribution in [2.24, 2.45) is 5.92 Å². The highest BCUT2D eigenvalue weighted by Crippen LogP contribution is 2.22. The average molecular weight is 157 g/mol. The second-order valence-corrected chi connectivity index (χ2v) is 3.59. The predicted molar refractivity (Wildman–Crippen MR) is 46.3 cm³/mol. The predicted octanol–water partition coefficient (Wildman–Crippen LogP) is 1.49. The molecule has 1 aliphatic carbocycles. The molecule has 0 amide bonds. The topological polar surface area (TPSA) is 32.3 Å². The summed E-state index contributed by atoms with van der Waals surface area (Å²) < 4.78 is 0. The number of aliphatic hydroxyl groups is 1. The third kappa shape index (κ3) is 3.73. The van der Waals surface area contributed by atoms with Gasteiger partial charge in [0.1, 0.15) is 6.23 Å². The van der Waals surface area contributed by atoms with E-state index in [9.17, 15) is 0 Å². The number of aliphatic hydroxyl groups excluding tert-OH is 1. The summed E-state index contributed by atoms with van der Waals surface area (Å²) in [6.07, 6.45) is 6.53. The molecule has 1 fully saturated rings. The molecule has 2 heteroatoms. The van der Waals surface area contributed by atoms with Crippen molar-refractivity contribution >= 4 is 0 Å². The van der Waals surface area contributed by atoms with E-state index in [1.54, 1.807) is 6.92 Å². The number of hydrogen-bond acceptors (Lipinski definition) is 2. The van der Waals surface area contributed by atoms with Crippen molar-refractivity contribution in [2.45, 2.75) is 45.3 Å². The smallest absolute Gasteiger partial charge is 0.102 e. The van der Waals surface area contributed by atoms with Gasteiger partial charge in [-0.2, -0.15) is 0 Å². The highest BCUT2D eigenvalue weighted by Gasteiger charge is 2.12. The van der Waals surface area contributed by atoms with E-state index in [-0.39, 0.29) is 6.23 Å². The van der Waals surface area contributed by atoms with E-state index in [1.165, 1.54) is 32.1 Å². The molecule has 0 spiro atoms. The molecule has 1 rings (SSSR count). The summed E-state index contributed by atoms with van der Waals surface area (Å²) in [6, 6.07) is 0. The van der Waals surface area contributed by atoms with Crippen LogP contribution < -0.4 is 5.32 Å². The third-order valence-corrected chi connectivity index (χ3v) is 2.43. The standard InChI is InChI=1S/C9H19NO/c1-8(11)10-7-9-5-3-2-4-6-9/h8-11H,2-7H2,1H3. The molecule has 0 aromatic carbocycles. The summed E-state index contributed by atoms with van der Waals surface area (Å²) in [5.74, 6) is 0.818. The molecule has 0 radical (unpaired) electrons. The molecule has 11 heavy (non-hydrogen) atoms. The Labute approximate surface area is 69.0 Å². The zero-order valence-corrected chi connectivity index (χ0v) is 7.34. The summed E-state index contributed by atoms with van der Waals surface area (Å²) in [5.41, 5.74) is 0. The van der Waals surface area contributed by atoms with Crippen molar-refractivity contribution in [2.75, 3.05) is 6.54 Å². The zero-order chi connectivity index (χ0) is 8.10. The molecule has 2 N–H and O–H groups in total. The maximum atomic E-state index is 8.97. The van der Waals surface area contributed by atoms with Gasteiger partial charge in [0.15, 0.2) is 0 Å². The van der Waals surface area contributed by atoms with Gasteiger partial charge in [0.05, 0.1) is 0 Å². The van der Waals surface area contributed by atoms with E-state index in [4.69, 9.17) is 5.11 Å². The van der Waals surface area contributed by atoms with Crippen molar-refractivity contribution in [3.05, 3.63) is 0 Å². The molecule has 0 heterocycles. The van der Waals surface area contributed by atoms with Gasteiger partial charge in [-0.3, -0.25) is 5.32 Å². The van der Waals surface area contributed by atoms with Gasteiger partial charge >= 0.3 is 0 Å². The van der Waals surface area contributed by atoms with Crippen molar-refractivity contribution in [1.82, 2.24) is 5.32 Å². The minimum absolute atomic E-state index is 0.336. The van der Waals surface area contributed by atoms with Gasteiger partial charge in [0.25, 0.3) is 0 Å². The minimum atomic E-state index is -0.336. The van der Waals surface area contributed by atoms with Crippen molar-refractivity contribution < 1.29 is 5.11 Å². The Morgan fingerprint density at radius 1 is 1.36 bits per heavy atom. The molecular weight excluding hydrogens is 138 g/mol. The van der Waals surface area contributed by atoms with Crippen LogP contribution in [-0.2, 0) is 0 Å². The fraction of sp³-hybridized carbons (Fsp3) is 1.00. The van der Waals surface area contributed by atoms with Crippen LogP contribution in [0, 0.1) is 5.92 Å². The molecule has 0 bridgehead atoms. The average Bonchev–Trinajstić information content (AvgIpc) is 2.03. The van der Waals surface area contributed by atoms with Crippen molar-refractivity contribution in [3.8, 4) is 0 Å². The molecule has 0 aliphatic heterocycles. The molecule has 1 saturated carbocycles. The van der Waals surface area contributed by atoms with Crippen LogP contribution in [0.3, 0.4) is 0 Å². The molecule has 1 unspecified atom stereocenters. The van der Waals surface area contributed by atoms with Crippen LogP contribution in [0.5, 0.6) is 0 Å². The second-order valence-electron chi connectivity index (χ2n) is 3.59. The van der Waals surface area contributed by atoms with Gasteiger partial charge in [-0.05, 0) is 25.7 Å². The first kappa shape index (κ1) is 9.01. The van der Waals surface area contributed by atoms with Crippen LogP contribution in [0.25, 0.3) is 0 Å². The molecule has 1 aliphatic rings. The van der Waals surface area contributed by atoms with Crippen LogP contribution in [-0.4, -0.2) is 17.9 Å². The molecule has 0 aromatic heterocycles. The van der Waals surface area contributed by atoms with Crippen LogP contribution in [0.4, 0.5) is 0 Å². The monoisotopic (exact) mass is 157 g/mol. The number of hydrogen-bond donors (Lipinski definition) is 2. The van der Waals surface area contributed by atoms with Crippen LogP contribution >= 0.6 is 0 Å². The Hall–Kier alpha value is -0.0800. The lowest BCUT2D eigenvalue weighted by atomic mass is 9.89. The molecule has 66 valence electrons. The maximum absolute atomic E-state index is 8.97. The van der Waals surface area contributed by atoms with E-state index in [0.29, 0.717) is 0 Å². The fourth-order valence-electron chi connectivity index (χ4n) is 1.73. The lowest BCUT2D eigenvalue weighted by Crippen LogP contribution is -2.31. The number of nitrogens with one attached hydrogen (secondary N) is 1. The first-order chi connectivity index (χ1) is 5.29. The Morgan fingerprint density at radius 2 is 2.00 bits per heavy atom. The van der Waals surface area contributed by atoms with Crippen LogP contribution in [0.15, 0.2) is 0 Å². The van der Waals surface area contributed by atoms with Crippen LogP contribution in [0.1, 0.15) is 39.0 Å². The lowest BCUT2D eigenvalue weighted by Gasteiger charge is -2.22. The van der Waals surface area contributed by atoms with E-state index in [2.05, 4.69) is 5.32 Å². The maximum Gasteiger partial charge on any atom is 0.102 e. The zero-order valence-electron chi connectivity index (χ0n) is 7.34. The third-order valence-electron chi connectivity index (χ3n) is 2.43. The normalized spacial score (nSPS) is 23.5. The summed E-state index contributed by atoms with van der Waals surface area (Å²) in [6.45, 7) is 2.78. The quantitative estimate of drug-likeness (QED) is 0.608. The second kappa shape index (κ2) is 4.73. The van der Waals surface area contributed by atoms with E-state index in [1.807, 2.05) is 0 Å². The Balaban J connectivity index is 2.05. The SMILES string of the molecule is CC(O)NCC1CCCCC1. The van der Waals surface area contributed by atoms with Gasteiger partial charge in [0.2, 0.25) is 0 Å². The Kier molecular flexibility index (Phi) is 3.87. The first-order valence-electron chi connectivity index (χ1n) is 4.70. The van der Waals surface area contributed by atoms with Gasteiger partial charge in [-0.1, -0.05) is 19.3 Å². The van der Waals surface area contributed by atoms with E-state index < -0.39 is 0 Å². The molecule has 1 atom stereocenters. The first-order valence-corrected chi connectivity index (χ1v) is 4.70. The Bertz CT molecular complexity index is 97.7. The van der Waals surface area contributed by atoms with Gasteiger partial charge in [0, 0.05) is 6.54 Å². The molecule has 0 aromatic rings. The largest absolute Gasteiger partial charge is 0.379 e. The van der Waals surface area contributed by atoms with Gasteiger partial charge in [-0.25, -0.2) is 0 Å². The minimum Gasteiger partial charge on any atom is -0.379 e. The van der Waals surface area contributed by atoms with Crippen molar-refractivity contribution in [1.29, 1.82) is 0 Å². The van der Waals surface area contributed by atoms with E-state index >= 15 is 0 Å². The van der Waals surface area contributed by atoms with Gasteiger partial charge < -0.3 is 5.11 Å². The van der Waals surface area contributed by atoms with Gasteiger partial charge in [-0.15, -0.1) is 0 Å². The number of rotatable bonds is 3. The summed E-state index contributed by atoms with van der Waals surface area (Å²) in [7, 11) is 0.